The number of thiazole rings is 1. The molecule has 2 N–H and O–H groups in total. The first-order valence-electron chi connectivity index (χ1n) is 5.25. The van der Waals surface area contributed by atoms with Gasteiger partial charge in [-0.25, -0.2) is 4.98 Å². The van der Waals surface area contributed by atoms with E-state index in [0.717, 1.165) is 20.1 Å². The van der Waals surface area contributed by atoms with Crippen LogP contribution < -0.4 is 10.5 Å². The van der Waals surface area contributed by atoms with Crippen molar-refractivity contribution in [2.24, 2.45) is 0 Å². The van der Waals surface area contributed by atoms with Gasteiger partial charge in [-0.05, 0) is 54.0 Å². The lowest BCUT2D eigenvalue weighted by Crippen LogP contribution is -2.05. The summed E-state index contributed by atoms with van der Waals surface area (Å²) in [5.41, 5.74) is 6.75. The molecule has 0 aliphatic heterocycles. The van der Waals surface area contributed by atoms with E-state index in [-0.39, 0.29) is 6.10 Å². The lowest BCUT2D eigenvalue weighted by Gasteiger charge is -2.09. The van der Waals surface area contributed by atoms with Gasteiger partial charge in [-0.15, -0.1) is 11.3 Å². The average molecular weight is 313 g/mol. The van der Waals surface area contributed by atoms with E-state index >= 15 is 0 Å². The Kier molecular flexibility index (Phi) is 3.69. The number of halogens is 1. The Morgan fingerprint density at radius 1 is 1.29 bits per heavy atom. The van der Waals surface area contributed by atoms with E-state index in [2.05, 4.69) is 20.9 Å². The number of aromatic nitrogens is 1. The van der Waals surface area contributed by atoms with Crippen LogP contribution in [0.3, 0.4) is 0 Å². The molecular weight excluding hydrogens is 300 g/mol. The molecule has 0 atom stereocenters. The van der Waals surface area contributed by atoms with Crippen LogP contribution in [0.25, 0.3) is 10.6 Å². The minimum absolute atomic E-state index is 0.186. The Labute approximate surface area is 113 Å². The van der Waals surface area contributed by atoms with Gasteiger partial charge in [-0.2, -0.15) is 0 Å². The predicted molar refractivity (Wildman–Crippen MR) is 75.4 cm³/mol. The maximum absolute atomic E-state index is 5.70. The summed E-state index contributed by atoms with van der Waals surface area (Å²) in [6, 6.07) is 7.87. The molecule has 3 nitrogen and oxygen atoms in total. The van der Waals surface area contributed by atoms with Crippen LogP contribution in [0.2, 0.25) is 0 Å². The van der Waals surface area contributed by atoms with Gasteiger partial charge in [0.05, 0.1) is 6.10 Å². The molecule has 0 bridgehead atoms. The largest absolute Gasteiger partial charge is 0.491 e. The predicted octanol–water partition coefficient (Wildman–Crippen LogP) is 3.94. The van der Waals surface area contributed by atoms with E-state index in [4.69, 9.17) is 10.5 Å². The third-order valence-electron chi connectivity index (χ3n) is 2.08. The van der Waals surface area contributed by atoms with Crippen LogP contribution >= 0.6 is 27.3 Å². The molecule has 90 valence electrons. The number of anilines is 1. The number of ether oxygens (including phenoxy) is 1. The zero-order chi connectivity index (χ0) is 12.4. The van der Waals surface area contributed by atoms with Crippen molar-refractivity contribution in [1.82, 2.24) is 4.98 Å². The molecule has 0 aliphatic carbocycles. The van der Waals surface area contributed by atoms with Gasteiger partial charge in [0.25, 0.3) is 0 Å². The van der Waals surface area contributed by atoms with E-state index in [1.807, 2.05) is 38.1 Å². The Morgan fingerprint density at radius 2 is 1.94 bits per heavy atom. The highest BCUT2D eigenvalue weighted by molar-refractivity contribution is 9.11. The fraction of sp³-hybridized carbons (Fsp3) is 0.250. The van der Waals surface area contributed by atoms with Gasteiger partial charge in [-0.1, -0.05) is 0 Å². The fourth-order valence-electron chi connectivity index (χ4n) is 1.39. The lowest BCUT2D eigenvalue weighted by molar-refractivity contribution is 0.242. The SMILES string of the molecule is CC(C)Oc1ccc(-c2nc(N)c(Br)s2)cc1. The van der Waals surface area contributed by atoms with Gasteiger partial charge in [0.2, 0.25) is 0 Å². The minimum atomic E-state index is 0.186. The van der Waals surface area contributed by atoms with E-state index in [1.165, 1.54) is 11.3 Å². The summed E-state index contributed by atoms with van der Waals surface area (Å²) in [6.45, 7) is 4.01. The van der Waals surface area contributed by atoms with Gasteiger partial charge in [0.1, 0.15) is 20.4 Å². The Hall–Kier alpha value is -1.07. The summed E-state index contributed by atoms with van der Waals surface area (Å²) < 4.78 is 6.45. The average Bonchev–Trinajstić information content (AvgIpc) is 2.59. The van der Waals surface area contributed by atoms with Crippen LogP contribution in [0.15, 0.2) is 28.1 Å². The van der Waals surface area contributed by atoms with Crippen LogP contribution in [0, 0.1) is 0 Å². The highest BCUT2D eigenvalue weighted by Gasteiger charge is 2.08. The molecule has 2 aromatic rings. The van der Waals surface area contributed by atoms with Gasteiger partial charge in [0, 0.05) is 5.56 Å². The lowest BCUT2D eigenvalue weighted by atomic mass is 10.2. The first kappa shape index (κ1) is 12.4. The summed E-state index contributed by atoms with van der Waals surface area (Å²) >= 11 is 4.89. The summed E-state index contributed by atoms with van der Waals surface area (Å²) in [6.07, 6.45) is 0.186. The first-order chi connectivity index (χ1) is 8.06. The molecule has 0 fully saturated rings. The van der Waals surface area contributed by atoms with E-state index < -0.39 is 0 Å². The van der Waals surface area contributed by atoms with Crippen LogP contribution in [0.5, 0.6) is 5.75 Å². The topological polar surface area (TPSA) is 48.1 Å². The standard InChI is InChI=1S/C12H13BrN2OS/c1-7(2)16-9-5-3-8(4-6-9)12-15-11(14)10(13)17-12/h3-7H,14H2,1-2H3. The van der Waals surface area contributed by atoms with E-state index in [9.17, 15) is 0 Å². The quantitative estimate of drug-likeness (QED) is 0.933. The smallest absolute Gasteiger partial charge is 0.149 e. The van der Waals surface area contributed by atoms with Gasteiger partial charge in [-0.3, -0.25) is 0 Å². The minimum Gasteiger partial charge on any atom is -0.491 e. The van der Waals surface area contributed by atoms with Crippen LogP contribution in [0.1, 0.15) is 13.8 Å². The second kappa shape index (κ2) is 5.06. The second-order valence-electron chi connectivity index (χ2n) is 3.87. The van der Waals surface area contributed by atoms with Gasteiger partial charge < -0.3 is 10.5 Å². The van der Waals surface area contributed by atoms with Crippen molar-refractivity contribution in [2.75, 3.05) is 5.73 Å². The summed E-state index contributed by atoms with van der Waals surface area (Å²) in [7, 11) is 0. The van der Waals surface area contributed by atoms with Crippen molar-refractivity contribution < 1.29 is 4.74 Å². The fourth-order valence-corrected chi connectivity index (χ4v) is 2.65. The molecule has 2 rings (SSSR count). The molecule has 0 amide bonds. The monoisotopic (exact) mass is 312 g/mol. The van der Waals surface area contributed by atoms with Crippen LogP contribution in [-0.4, -0.2) is 11.1 Å². The van der Waals surface area contributed by atoms with Crippen molar-refractivity contribution in [3.05, 3.63) is 28.1 Å². The molecular formula is C12H13BrN2OS. The van der Waals surface area contributed by atoms with Gasteiger partial charge >= 0.3 is 0 Å². The maximum Gasteiger partial charge on any atom is 0.149 e. The zero-order valence-electron chi connectivity index (χ0n) is 9.61. The molecule has 0 aliphatic rings. The van der Waals surface area contributed by atoms with Gasteiger partial charge in [0.15, 0.2) is 0 Å². The second-order valence-corrected chi connectivity index (χ2v) is 6.19. The van der Waals surface area contributed by atoms with Crippen LogP contribution in [0.4, 0.5) is 5.82 Å². The summed E-state index contributed by atoms with van der Waals surface area (Å²) in [4.78, 5) is 4.28. The first-order valence-corrected chi connectivity index (χ1v) is 6.86. The number of benzene rings is 1. The molecule has 0 radical (unpaired) electrons. The number of nitrogen functional groups attached to an aromatic ring is 1. The van der Waals surface area contributed by atoms with Crippen molar-refractivity contribution >= 4 is 33.1 Å². The van der Waals surface area contributed by atoms with Crippen LogP contribution in [-0.2, 0) is 0 Å². The maximum atomic E-state index is 5.70. The number of rotatable bonds is 3. The molecule has 0 saturated carbocycles. The Morgan fingerprint density at radius 3 is 2.41 bits per heavy atom. The Balaban J connectivity index is 2.23. The normalized spacial score (nSPS) is 10.8. The molecule has 0 spiro atoms. The van der Waals surface area contributed by atoms with Crippen molar-refractivity contribution in [2.45, 2.75) is 20.0 Å². The van der Waals surface area contributed by atoms with E-state index in [1.54, 1.807) is 0 Å². The number of hydrogen-bond donors (Lipinski definition) is 1. The number of nitrogens with two attached hydrogens (primary N) is 1. The van der Waals surface area contributed by atoms with E-state index in [0.29, 0.717) is 5.82 Å². The Bertz CT molecular complexity index is 488. The third kappa shape index (κ3) is 2.98. The van der Waals surface area contributed by atoms with Crippen molar-refractivity contribution in [3.8, 4) is 16.3 Å². The highest BCUT2D eigenvalue weighted by atomic mass is 79.9. The molecule has 1 heterocycles. The zero-order valence-corrected chi connectivity index (χ0v) is 12.0. The number of hydrogen-bond acceptors (Lipinski definition) is 4. The highest BCUT2D eigenvalue weighted by Crippen LogP contribution is 2.33. The molecule has 0 unspecified atom stereocenters. The van der Waals surface area contributed by atoms with Crippen molar-refractivity contribution in [3.63, 3.8) is 0 Å². The number of nitrogens with zero attached hydrogens (tertiary/aromatic N) is 1. The summed E-state index contributed by atoms with van der Waals surface area (Å²) in [5.74, 6) is 1.40. The molecule has 5 heteroatoms. The summed E-state index contributed by atoms with van der Waals surface area (Å²) in [5, 5.41) is 0.908. The molecule has 0 saturated heterocycles. The van der Waals surface area contributed by atoms with Crippen molar-refractivity contribution in [1.29, 1.82) is 0 Å². The molecule has 1 aromatic carbocycles. The molecule has 17 heavy (non-hydrogen) atoms. The third-order valence-corrected chi connectivity index (χ3v) is 3.88. The molecule has 1 aromatic heterocycles.